The number of benzene rings is 2. The minimum Gasteiger partial charge on any atom is -0.355 e. The van der Waals surface area contributed by atoms with Gasteiger partial charge in [-0.05, 0) is 50.5 Å². The zero-order chi connectivity index (χ0) is 26.9. The van der Waals surface area contributed by atoms with Crippen LogP contribution in [0.25, 0.3) is 0 Å². The number of halogens is 3. The molecule has 0 aliphatic rings. The number of likely N-dealkylation sites (N-methyl/N-ethyl adjacent to an activating group) is 1. The maximum absolute atomic E-state index is 13.1. The van der Waals surface area contributed by atoms with Gasteiger partial charge >= 0.3 is 6.18 Å². The van der Waals surface area contributed by atoms with E-state index in [0.29, 0.717) is 13.0 Å². The topological polar surface area (TPSA) is 86.8 Å². The first-order valence-electron chi connectivity index (χ1n) is 11.6. The van der Waals surface area contributed by atoms with Crippen LogP contribution in [-0.4, -0.2) is 57.1 Å². The number of carbonyl (C=O) groups is 2. The smallest absolute Gasteiger partial charge is 0.355 e. The summed E-state index contributed by atoms with van der Waals surface area (Å²) in [5.41, 5.74) is -0.102. The van der Waals surface area contributed by atoms with Crippen molar-refractivity contribution < 1.29 is 31.2 Å². The van der Waals surface area contributed by atoms with Crippen LogP contribution in [0.5, 0.6) is 0 Å². The SMILES string of the molecule is CCNC(=O)[C@H](C)N(CCc1ccccc1)C(=O)CCCN(c1cccc(C(F)(F)F)c1)S(C)(=O)=O. The minimum absolute atomic E-state index is 0.0616. The van der Waals surface area contributed by atoms with E-state index >= 15 is 0 Å². The van der Waals surface area contributed by atoms with Crippen molar-refractivity contribution in [2.45, 2.75) is 45.3 Å². The Bertz CT molecular complexity index is 1120. The highest BCUT2D eigenvalue weighted by Gasteiger charge is 2.32. The molecule has 2 aromatic rings. The van der Waals surface area contributed by atoms with Crippen LogP contribution in [0.4, 0.5) is 18.9 Å². The molecule has 36 heavy (non-hydrogen) atoms. The molecule has 2 amide bonds. The van der Waals surface area contributed by atoms with Gasteiger partial charge in [0.15, 0.2) is 0 Å². The maximum Gasteiger partial charge on any atom is 0.416 e. The largest absolute Gasteiger partial charge is 0.416 e. The number of anilines is 1. The number of hydrogen-bond donors (Lipinski definition) is 1. The predicted octanol–water partition coefficient (Wildman–Crippen LogP) is 3.85. The van der Waals surface area contributed by atoms with E-state index in [4.69, 9.17) is 0 Å². The summed E-state index contributed by atoms with van der Waals surface area (Å²) in [6.45, 7) is 3.90. The number of nitrogens with one attached hydrogen (secondary N) is 1. The van der Waals surface area contributed by atoms with E-state index in [9.17, 15) is 31.2 Å². The fourth-order valence-corrected chi connectivity index (χ4v) is 4.69. The summed E-state index contributed by atoms with van der Waals surface area (Å²) in [6, 6.07) is 12.8. The van der Waals surface area contributed by atoms with Crippen molar-refractivity contribution in [1.82, 2.24) is 10.2 Å². The van der Waals surface area contributed by atoms with Gasteiger partial charge in [0, 0.05) is 26.1 Å². The summed E-state index contributed by atoms with van der Waals surface area (Å²) >= 11 is 0. The average Bonchev–Trinajstić information content (AvgIpc) is 2.81. The first-order chi connectivity index (χ1) is 16.8. The monoisotopic (exact) mass is 527 g/mol. The first kappa shape index (κ1) is 29.2. The molecule has 11 heteroatoms. The molecule has 2 aromatic carbocycles. The van der Waals surface area contributed by atoms with Crippen LogP contribution >= 0.6 is 0 Å². The molecule has 0 aromatic heterocycles. The number of hydrogen-bond acceptors (Lipinski definition) is 4. The lowest BCUT2D eigenvalue weighted by Crippen LogP contribution is -2.48. The van der Waals surface area contributed by atoms with Crippen LogP contribution in [0, 0.1) is 0 Å². The molecule has 0 spiro atoms. The molecule has 2 rings (SSSR count). The van der Waals surface area contributed by atoms with Gasteiger partial charge in [-0.15, -0.1) is 0 Å². The van der Waals surface area contributed by atoms with Crippen molar-refractivity contribution in [1.29, 1.82) is 0 Å². The van der Waals surface area contributed by atoms with Gasteiger partial charge < -0.3 is 10.2 Å². The molecule has 7 nitrogen and oxygen atoms in total. The molecule has 0 radical (unpaired) electrons. The summed E-state index contributed by atoms with van der Waals surface area (Å²) in [4.78, 5) is 27.0. The second-order valence-corrected chi connectivity index (χ2v) is 10.3. The molecule has 0 heterocycles. The summed E-state index contributed by atoms with van der Waals surface area (Å²) in [6.07, 6.45) is -3.21. The highest BCUT2D eigenvalue weighted by atomic mass is 32.2. The van der Waals surface area contributed by atoms with E-state index in [-0.39, 0.29) is 43.4 Å². The van der Waals surface area contributed by atoms with E-state index in [1.807, 2.05) is 30.3 Å². The highest BCUT2D eigenvalue weighted by molar-refractivity contribution is 7.92. The average molecular weight is 528 g/mol. The summed E-state index contributed by atoms with van der Waals surface area (Å²) < 4.78 is 64.9. The molecular formula is C25H32F3N3O4S. The van der Waals surface area contributed by atoms with Crippen LogP contribution in [0.2, 0.25) is 0 Å². The van der Waals surface area contributed by atoms with E-state index < -0.39 is 27.8 Å². The Morgan fingerprint density at radius 1 is 1.03 bits per heavy atom. The van der Waals surface area contributed by atoms with Gasteiger partial charge in [-0.25, -0.2) is 8.42 Å². The normalized spacial score (nSPS) is 12.6. The van der Waals surface area contributed by atoms with Crippen molar-refractivity contribution >= 4 is 27.5 Å². The van der Waals surface area contributed by atoms with Gasteiger partial charge in [0.2, 0.25) is 21.8 Å². The second-order valence-electron chi connectivity index (χ2n) is 8.38. The summed E-state index contributed by atoms with van der Waals surface area (Å²) in [5.74, 6) is -0.650. The predicted molar refractivity (Wildman–Crippen MR) is 133 cm³/mol. The number of sulfonamides is 1. The fraction of sp³-hybridized carbons (Fsp3) is 0.440. The van der Waals surface area contributed by atoms with Crippen molar-refractivity contribution in [3.63, 3.8) is 0 Å². The second kappa shape index (κ2) is 12.8. The molecule has 0 aliphatic carbocycles. The Kier molecular flexibility index (Phi) is 10.3. The fourth-order valence-electron chi connectivity index (χ4n) is 3.73. The van der Waals surface area contributed by atoms with Crippen molar-refractivity contribution in [3.05, 3.63) is 65.7 Å². The lowest BCUT2D eigenvalue weighted by molar-refractivity contribution is -0.139. The number of amides is 2. The molecule has 0 bridgehead atoms. The van der Waals surface area contributed by atoms with E-state index in [0.717, 1.165) is 34.3 Å². The Morgan fingerprint density at radius 2 is 1.69 bits per heavy atom. The number of nitrogens with zero attached hydrogens (tertiary/aromatic N) is 2. The molecule has 0 unspecified atom stereocenters. The zero-order valence-electron chi connectivity index (χ0n) is 20.6. The number of rotatable bonds is 12. The Balaban J connectivity index is 2.14. The first-order valence-corrected chi connectivity index (χ1v) is 13.5. The van der Waals surface area contributed by atoms with Gasteiger partial charge in [-0.3, -0.25) is 13.9 Å². The third-order valence-electron chi connectivity index (χ3n) is 5.62. The van der Waals surface area contributed by atoms with Gasteiger partial charge in [0.05, 0.1) is 17.5 Å². The van der Waals surface area contributed by atoms with Crippen LogP contribution < -0.4 is 9.62 Å². The minimum atomic E-state index is -4.62. The molecule has 0 saturated carbocycles. The molecule has 198 valence electrons. The number of alkyl halides is 3. The third-order valence-corrected chi connectivity index (χ3v) is 6.81. The number of carbonyl (C=O) groups excluding carboxylic acids is 2. The van der Waals surface area contributed by atoms with Gasteiger partial charge in [-0.2, -0.15) is 13.2 Å². The Morgan fingerprint density at radius 3 is 2.28 bits per heavy atom. The van der Waals surface area contributed by atoms with E-state index in [1.54, 1.807) is 13.8 Å². The van der Waals surface area contributed by atoms with Gasteiger partial charge in [0.1, 0.15) is 6.04 Å². The van der Waals surface area contributed by atoms with E-state index in [1.165, 1.54) is 11.0 Å². The quantitative estimate of drug-likeness (QED) is 0.454. The third kappa shape index (κ3) is 8.54. The van der Waals surface area contributed by atoms with Crippen molar-refractivity contribution in [2.24, 2.45) is 0 Å². The molecular weight excluding hydrogens is 495 g/mol. The van der Waals surface area contributed by atoms with Gasteiger partial charge in [0.25, 0.3) is 0 Å². The molecule has 0 fully saturated rings. The standard InChI is InChI=1S/C25H32F3N3O4S/c1-4-29-24(33)19(2)30(17-15-20-10-6-5-7-11-20)23(32)14-9-16-31(36(3,34)35)22-13-8-12-21(18-22)25(26,27)28/h5-8,10-13,18-19H,4,9,14-17H2,1-3H3,(H,29,33)/t19-/m0/s1. The summed E-state index contributed by atoms with van der Waals surface area (Å²) in [7, 11) is -3.90. The maximum atomic E-state index is 13.1. The van der Waals surface area contributed by atoms with Crippen LogP contribution in [0.3, 0.4) is 0 Å². The van der Waals surface area contributed by atoms with Gasteiger partial charge in [-0.1, -0.05) is 36.4 Å². The van der Waals surface area contributed by atoms with Crippen LogP contribution in [-0.2, 0) is 32.2 Å². The molecule has 1 N–H and O–H groups in total. The lowest BCUT2D eigenvalue weighted by atomic mass is 10.1. The van der Waals surface area contributed by atoms with Crippen LogP contribution in [0.1, 0.15) is 37.8 Å². The Hall–Kier alpha value is -3.08. The molecule has 0 saturated heterocycles. The highest BCUT2D eigenvalue weighted by Crippen LogP contribution is 2.32. The van der Waals surface area contributed by atoms with Crippen LogP contribution in [0.15, 0.2) is 54.6 Å². The Labute approximate surface area is 210 Å². The van der Waals surface area contributed by atoms with E-state index in [2.05, 4.69) is 5.32 Å². The lowest BCUT2D eigenvalue weighted by Gasteiger charge is -2.29. The summed E-state index contributed by atoms with van der Waals surface area (Å²) in [5, 5.41) is 2.70. The van der Waals surface area contributed by atoms with Crippen molar-refractivity contribution in [3.8, 4) is 0 Å². The molecule has 0 aliphatic heterocycles. The van der Waals surface area contributed by atoms with Crippen molar-refractivity contribution in [2.75, 3.05) is 30.2 Å². The zero-order valence-corrected chi connectivity index (χ0v) is 21.4. The molecule has 1 atom stereocenters.